The molecule has 1 nitrogen and oxygen atoms in total. The Morgan fingerprint density at radius 3 is 2.56 bits per heavy atom. The molecule has 2 rings (SSSR count). The van der Waals surface area contributed by atoms with Gasteiger partial charge in [-0.2, -0.15) is 0 Å². The van der Waals surface area contributed by atoms with Crippen molar-refractivity contribution in [1.29, 1.82) is 0 Å². The lowest BCUT2D eigenvalue weighted by Crippen LogP contribution is -2.30. The normalized spacial score (nSPS) is 14.6. The average molecular weight is 241 g/mol. The van der Waals surface area contributed by atoms with Crippen molar-refractivity contribution in [3.05, 3.63) is 48.0 Å². The first kappa shape index (κ1) is 13.1. The summed E-state index contributed by atoms with van der Waals surface area (Å²) in [4.78, 5) is 0. The SMILES string of the molecule is CCCC(C)C(N)Cc1cccc2ccccc12. The molecule has 1 heteroatoms. The molecular formula is C17H23N. The van der Waals surface area contributed by atoms with Crippen molar-refractivity contribution in [2.75, 3.05) is 0 Å². The van der Waals surface area contributed by atoms with Crippen molar-refractivity contribution in [3.8, 4) is 0 Å². The smallest absolute Gasteiger partial charge is 0.0105 e. The van der Waals surface area contributed by atoms with Crippen molar-refractivity contribution in [1.82, 2.24) is 0 Å². The van der Waals surface area contributed by atoms with Crippen molar-refractivity contribution in [2.45, 2.75) is 39.2 Å². The van der Waals surface area contributed by atoms with E-state index < -0.39 is 0 Å². The van der Waals surface area contributed by atoms with Gasteiger partial charge in [-0.15, -0.1) is 0 Å². The Hall–Kier alpha value is -1.34. The molecule has 2 atom stereocenters. The summed E-state index contributed by atoms with van der Waals surface area (Å²) in [5, 5.41) is 2.66. The van der Waals surface area contributed by atoms with Gasteiger partial charge in [0, 0.05) is 6.04 Å². The van der Waals surface area contributed by atoms with Gasteiger partial charge in [-0.1, -0.05) is 62.7 Å². The van der Waals surface area contributed by atoms with Crippen LogP contribution in [0.3, 0.4) is 0 Å². The second-order valence-electron chi connectivity index (χ2n) is 5.27. The van der Waals surface area contributed by atoms with Gasteiger partial charge in [0.25, 0.3) is 0 Å². The molecule has 0 heterocycles. The third kappa shape index (κ3) is 2.91. The van der Waals surface area contributed by atoms with E-state index in [1.807, 2.05) is 0 Å². The number of hydrogen-bond acceptors (Lipinski definition) is 1. The molecule has 0 aliphatic carbocycles. The van der Waals surface area contributed by atoms with Crippen LogP contribution in [0.25, 0.3) is 10.8 Å². The number of fused-ring (bicyclic) bond motifs is 1. The highest BCUT2D eigenvalue weighted by Gasteiger charge is 2.13. The lowest BCUT2D eigenvalue weighted by molar-refractivity contribution is 0.420. The maximum absolute atomic E-state index is 6.33. The molecule has 0 saturated heterocycles. The van der Waals surface area contributed by atoms with Crippen molar-refractivity contribution in [3.63, 3.8) is 0 Å². The fraction of sp³-hybridized carbons (Fsp3) is 0.412. The minimum absolute atomic E-state index is 0.260. The zero-order chi connectivity index (χ0) is 13.0. The molecule has 0 radical (unpaired) electrons. The molecule has 96 valence electrons. The molecule has 18 heavy (non-hydrogen) atoms. The van der Waals surface area contributed by atoms with E-state index in [1.54, 1.807) is 0 Å². The van der Waals surface area contributed by atoms with Crippen molar-refractivity contribution in [2.24, 2.45) is 11.7 Å². The van der Waals surface area contributed by atoms with E-state index in [0.717, 1.165) is 6.42 Å². The highest BCUT2D eigenvalue weighted by Crippen LogP contribution is 2.21. The number of hydrogen-bond donors (Lipinski definition) is 1. The first-order chi connectivity index (χ1) is 8.72. The van der Waals surface area contributed by atoms with Gasteiger partial charge < -0.3 is 5.73 Å². The maximum Gasteiger partial charge on any atom is 0.0105 e. The third-order valence-electron chi connectivity index (χ3n) is 3.81. The molecule has 2 N–H and O–H groups in total. The van der Waals surface area contributed by atoms with Crippen LogP contribution in [-0.4, -0.2) is 6.04 Å². The molecule has 0 aliphatic heterocycles. The molecule has 0 aliphatic rings. The van der Waals surface area contributed by atoms with Gasteiger partial charge >= 0.3 is 0 Å². The second-order valence-corrected chi connectivity index (χ2v) is 5.27. The van der Waals surface area contributed by atoms with Crippen LogP contribution in [0.2, 0.25) is 0 Å². The Labute approximate surface area is 110 Å². The lowest BCUT2D eigenvalue weighted by Gasteiger charge is -2.20. The molecule has 0 fully saturated rings. The first-order valence-electron chi connectivity index (χ1n) is 6.94. The van der Waals surface area contributed by atoms with E-state index in [-0.39, 0.29) is 6.04 Å². The Balaban J connectivity index is 2.21. The molecule has 2 unspecified atom stereocenters. The summed E-state index contributed by atoms with van der Waals surface area (Å²) >= 11 is 0. The van der Waals surface area contributed by atoms with Crippen LogP contribution in [0, 0.1) is 5.92 Å². The Bertz CT molecular complexity index is 498. The molecule has 0 amide bonds. The molecule has 0 spiro atoms. The summed E-state index contributed by atoms with van der Waals surface area (Å²) in [6.45, 7) is 4.49. The topological polar surface area (TPSA) is 26.0 Å². The highest BCUT2D eigenvalue weighted by atomic mass is 14.6. The Kier molecular flexibility index (Phi) is 4.38. The molecule has 0 saturated carbocycles. The zero-order valence-electron chi connectivity index (χ0n) is 11.4. The molecule has 2 aromatic rings. The molecule has 0 aromatic heterocycles. The summed E-state index contributed by atoms with van der Waals surface area (Å²) in [6.07, 6.45) is 3.40. The Morgan fingerprint density at radius 2 is 1.78 bits per heavy atom. The largest absolute Gasteiger partial charge is 0.327 e. The van der Waals surface area contributed by atoms with E-state index >= 15 is 0 Å². The van der Waals surface area contributed by atoms with Gasteiger partial charge in [0.05, 0.1) is 0 Å². The zero-order valence-corrected chi connectivity index (χ0v) is 11.4. The van der Waals surface area contributed by atoms with Gasteiger partial charge in [-0.05, 0) is 35.1 Å². The van der Waals surface area contributed by atoms with Crippen LogP contribution in [0.5, 0.6) is 0 Å². The van der Waals surface area contributed by atoms with Gasteiger partial charge in [-0.3, -0.25) is 0 Å². The van der Waals surface area contributed by atoms with Crippen LogP contribution < -0.4 is 5.73 Å². The quantitative estimate of drug-likeness (QED) is 0.836. The minimum atomic E-state index is 0.260. The van der Waals surface area contributed by atoms with Gasteiger partial charge in [0.15, 0.2) is 0 Å². The van der Waals surface area contributed by atoms with E-state index in [1.165, 1.54) is 29.2 Å². The fourth-order valence-electron chi connectivity index (χ4n) is 2.60. The predicted octanol–water partition coefficient (Wildman–Crippen LogP) is 4.15. The van der Waals surface area contributed by atoms with E-state index in [2.05, 4.69) is 56.3 Å². The van der Waals surface area contributed by atoms with E-state index in [4.69, 9.17) is 5.73 Å². The minimum Gasteiger partial charge on any atom is -0.327 e. The first-order valence-corrected chi connectivity index (χ1v) is 6.94. The van der Waals surface area contributed by atoms with Crippen LogP contribution in [0.15, 0.2) is 42.5 Å². The summed E-state index contributed by atoms with van der Waals surface area (Å²) in [6, 6.07) is 15.3. The standard InChI is InChI=1S/C17H23N/c1-3-7-13(2)17(18)12-15-10-6-9-14-8-4-5-11-16(14)15/h4-6,8-11,13,17H,3,7,12,18H2,1-2H3. The number of benzene rings is 2. The monoisotopic (exact) mass is 241 g/mol. The molecule has 2 aromatic carbocycles. The summed E-state index contributed by atoms with van der Waals surface area (Å²) < 4.78 is 0. The van der Waals surface area contributed by atoms with Gasteiger partial charge in [0.1, 0.15) is 0 Å². The average Bonchev–Trinajstić information content (AvgIpc) is 2.39. The Morgan fingerprint density at radius 1 is 1.06 bits per heavy atom. The van der Waals surface area contributed by atoms with E-state index in [9.17, 15) is 0 Å². The third-order valence-corrected chi connectivity index (χ3v) is 3.81. The second kappa shape index (κ2) is 6.01. The van der Waals surface area contributed by atoms with Crippen LogP contribution >= 0.6 is 0 Å². The lowest BCUT2D eigenvalue weighted by atomic mass is 9.90. The van der Waals surface area contributed by atoms with Crippen molar-refractivity contribution < 1.29 is 0 Å². The predicted molar refractivity (Wildman–Crippen MR) is 79.7 cm³/mol. The number of rotatable bonds is 5. The summed E-state index contributed by atoms with van der Waals surface area (Å²) in [7, 11) is 0. The number of nitrogens with two attached hydrogens (primary N) is 1. The molecule has 0 bridgehead atoms. The van der Waals surface area contributed by atoms with Crippen molar-refractivity contribution >= 4 is 10.8 Å². The van der Waals surface area contributed by atoms with Crippen LogP contribution in [0.1, 0.15) is 32.3 Å². The fourth-order valence-corrected chi connectivity index (χ4v) is 2.60. The maximum atomic E-state index is 6.33. The van der Waals surface area contributed by atoms with Crippen LogP contribution in [-0.2, 0) is 6.42 Å². The highest BCUT2D eigenvalue weighted by molar-refractivity contribution is 5.85. The van der Waals surface area contributed by atoms with Gasteiger partial charge in [-0.25, -0.2) is 0 Å². The van der Waals surface area contributed by atoms with Gasteiger partial charge in [0.2, 0.25) is 0 Å². The summed E-state index contributed by atoms with van der Waals surface area (Å²) in [5.41, 5.74) is 7.70. The molecular weight excluding hydrogens is 218 g/mol. The summed E-state index contributed by atoms with van der Waals surface area (Å²) in [5.74, 6) is 0.592. The van der Waals surface area contributed by atoms with E-state index in [0.29, 0.717) is 5.92 Å². The van der Waals surface area contributed by atoms with Crippen LogP contribution in [0.4, 0.5) is 0 Å².